The maximum atomic E-state index is 12.9. The Hall–Kier alpha value is -1.89. The molecule has 0 aliphatic rings. The molecule has 1 heterocycles. The van der Waals surface area contributed by atoms with E-state index in [0.29, 0.717) is 16.8 Å². The molecule has 0 fully saturated rings. The fourth-order valence-electron chi connectivity index (χ4n) is 1.23. The maximum Gasteiger partial charge on any atom is 0.277 e. The van der Waals surface area contributed by atoms with Gasteiger partial charge < -0.3 is 9.73 Å². The number of aryl methyl sites for hydroxylation is 1. The van der Waals surface area contributed by atoms with Crippen LogP contribution in [0, 0.1) is 12.7 Å². The molecule has 0 aliphatic heterocycles. The molecule has 0 aliphatic carbocycles. The van der Waals surface area contributed by atoms with E-state index in [-0.39, 0.29) is 11.7 Å². The zero-order valence-corrected chi connectivity index (χ0v) is 10.3. The van der Waals surface area contributed by atoms with Gasteiger partial charge in [0.25, 0.3) is 5.22 Å². The van der Waals surface area contributed by atoms with Gasteiger partial charge in [-0.3, -0.25) is 4.79 Å². The molecule has 94 valence electrons. The first kappa shape index (κ1) is 12.6. The highest BCUT2D eigenvalue weighted by Gasteiger charge is 2.08. The van der Waals surface area contributed by atoms with Gasteiger partial charge in [0, 0.05) is 12.6 Å². The van der Waals surface area contributed by atoms with Crippen molar-refractivity contribution in [1.82, 2.24) is 10.2 Å². The Morgan fingerprint density at radius 1 is 1.50 bits per heavy atom. The molecule has 1 aromatic heterocycles. The summed E-state index contributed by atoms with van der Waals surface area (Å²) in [5.74, 6) is -0.0875. The van der Waals surface area contributed by atoms with Crippen molar-refractivity contribution in [3.05, 3.63) is 36.0 Å². The summed E-state index contributed by atoms with van der Waals surface area (Å²) < 4.78 is 18.0. The van der Waals surface area contributed by atoms with E-state index in [1.54, 1.807) is 13.0 Å². The standard InChI is InChI=1S/C11H10FN3O2S/c1-7-14-15-11(17-7)18-6-10(16)13-9-4-2-3-8(12)5-9/h2-5H,6H2,1H3,(H,13,16). The zero-order chi connectivity index (χ0) is 13.0. The molecule has 0 radical (unpaired) electrons. The monoisotopic (exact) mass is 267 g/mol. The third kappa shape index (κ3) is 3.56. The Labute approximate surface area is 107 Å². The molecule has 7 heteroatoms. The lowest BCUT2D eigenvalue weighted by atomic mass is 10.3. The molecule has 18 heavy (non-hydrogen) atoms. The summed E-state index contributed by atoms with van der Waals surface area (Å²) in [5, 5.41) is 10.3. The highest BCUT2D eigenvalue weighted by molar-refractivity contribution is 7.99. The zero-order valence-electron chi connectivity index (χ0n) is 9.51. The number of nitrogens with zero attached hydrogens (tertiary/aromatic N) is 2. The molecule has 1 aromatic carbocycles. The third-order valence-corrected chi connectivity index (χ3v) is 2.76. The minimum atomic E-state index is -0.395. The van der Waals surface area contributed by atoms with Crippen molar-refractivity contribution >= 4 is 23.4 Å². The van der Waals surface area contributed by atoms with Crippen LogP contribution in [-0.4, -0.2) is 21.9 Å². The fraction of sp³-hybridized carbons (Fsp3) is 0.182. The molecule has 0 bridgehead atoms. The first-order valence-corrected chi connectivity index (χ1v) is 6.10. The van der Waals surface area contributed by atoms with Gasteiger partial charge in [-0.1, -0.05) is 17.8 Å². The summed E-state index contributed by atoms with van der Waals surface area (Å²) >= 11 is 1.13. The minimum Gasteiger partial charge on any atom is -0.416 e. The first-order chi connectivity index (χ1) is 8.63. The van der Waals surface area contributed by atoms with Crippen LogP contribution >= 0.6 is 11.8 Å². The quantitative estimate of drug-likeness (QED) is 0.860. The van der Waals surface area contributed by atoms with E-state index in [1.165, 1.54) is 18.2 Å². The predicted molar refractivity (Wildman–Crippen MR) is 64.8 cm³/mol. The van der Waals surface area contributed by atoms with Crippen molar-refractivity contribution in [2.45, 2.75) is 12.1 Å². The summed E-state index contributed by atoms with van der Waals surface area (Å²) in [6.45, 7) is 1.67. The Morgan fingerprint density at radius 2 is 2.33 bits per heavy atom. The van der Waals surface area contributed by atoms with Crippen LogP contribution in [0.1, 0.15) is 5.89 Å². The van der Waals surface area contributed by atoms with Crippen molar-refractivity contribution < 1.29 is 13.6 Å². The number of benzene rings is 1. The van der Waals surface area contributed by atoms with Crippen molar-refractivity contribution in [3.63, 3.8) is 0 Å². The second-order valence-corrected chi connectivity index (χ2v) is 4.36. The van der Waals surface area contributed by atoms with Crippen LogP contribution in [0.5, 0.6) is 0 Å². The summed E-state index contributed by atoms with van der Waals surface area (Å²) in [7, 11) is 0. The minimum absolute atomic E-state index is 0.123. The van der Waals surface area contributed by atoms with Crippen LogP contribution in [0.3, 0.4) is 0 Å². The topological polar surface area (TPSA) is 68.0 Å². The predicted octanol–water partition coefficient (Wildman–Crippen LogP) is 2.25. The van der Waals surface area contributed by atoms with Crippen LogP contribution in [-0.2, 0) is 4.79 Å². The second-order valence-electron chi connectivity index (χ2n) is 3.43. The number of nitrogens with one attached hydrogen (secondary N) is 1. The smallest absolute Gasteiger partial charge is 0.277 e. The number of anilines is 1. The highest BCUT2D eigenvalue weighted by atomic mass is 32.2. The maximum absolute atomic E-state index is 12.9. The first-order valence-electron chi connectivity index (χ1n) is 5.12. The molecule has 5 nitrogen and oxygen atoms in total. The van der Waals surface area contributed by atoms with Gasteiger partial charge in [-0.25, -0.2) is 4.39 Å². The molecular formula is C11H10FN3O2S. The van der Waals surface area contributed by atoms with E-state index in [4.69, 9.17) is 4.42 Å². The van der Waals surface area contributed by atoms with Crippen LogP contribution < -0.4 is 5.32 Å². The normalized spacial score (nSPS) is 10.3. The van der Waals surface area contributed by atoms with Crippen molar-refractivity contribution in [3.8, 4) is 0 Å². The van der Waals surface area contributed by atoms with Crippen molar-refractivity contribution in [2.75, 3.05) is 11.1 Å². The summed E-state index contributed by atoms with van der Waals surface area (Å²) in [5.41, 5.74) is 0.419. The summed E-state index contributed by atoms with van der Waals surface area (Å²) in [6.07, 6.45) is 0. The molecule has 2 rings (SSSR count). The second kappa shape index (κ2) is 5.63. The molecule has 0 saturated heterocycles. The van der Waals surface area contributed by atoms with Gasteiger partial charge in [-0.15, -0.1) is 10.2 Å². The lowest BCUT2D eigenvalue weighted by Crippen LogP contribution is -2.14. The van der Waals surface area contributed by atoms with E-state index in [0.717, 1.165) is 11.8 Å². The average molecular weight is 267 g/mol. The molecular weight excluding hydrogens is 257 g/mol. The van der Waals surface area contributed by atoms with E-state index in [9.17, 15) is 9.18 Å². The Balaban J connectivity index is 1.85. The number of thioether (sulfide) groups is 1. The molecule has 0 atom stereocenters. The summed E-state index contributed by atoms with van der Waals surface area (Å²) in [6, 6.07) is 5.70. The Kier molecular flexibility index (Phi) is 3.93. The van der Waals surface area contributed by atoms with Gasteiger partial charge in [0.1, 0.15) is 5.82 Å². The SMILES string of the molecule is Cc1nnc(SCC(=O)Nc2cccc(F)c2)o1. The lowest BCUT2D eigenvalue weighted by Gasteiger charge is -2.03. The van der Waals surface area contributed by atoms with Crippen molar-refractivity contribution in [2.24, 2.45) is 0 Å². The van der Waals surface area contributed by atoms with Crippen molar-refractivity contribution in [1.29, 1.82) is 0 Å². The number of amides is 1. The number of hydrogen-bond acceptors (Lipinski definition) is 5. The Bertz CT molecular complexity index is 559. The van der Waals surface area contributed by atoms with Gasteiger partial charge in [-0.05, 0) is 18.2 Å². The van der Waals surface area contributed by atoms with Crippen LogP contribution in [0.15, 0.2) is 33.9 Å². The molecule has 1 N–H and O–H groups in total. The molecule has 0 unspecified atom stereocenters. The number of rotatable bonds is 4. The fourth-order valence-corrected chi connectivity index (χ4v) is 1.83. The number of halogens is 1. The van der Waals surface area contributed by atoms with E-state index in [2.05, 4.69) is 15.5 Å². The molecule has 0 saturated carbocycles. The molecule has 1 amide bonds. The number of hydrogen-bond donors (Lipinski definition) is 1. The van der Waals surface area contributed by atoms with Gasteiger partial charge in [0.15, 0.2) is 0 Å². The van der Waals surface area contributed by atoms with Gasteiger partial charge >= 0.3 is 0 Å². The largest absolute Gasteiger partial charge is 0.416 e. The summed E-state index contributed by atoms with van der Waals surface area (Å²) in [4.78, 5) is 11.6. The Morgan fingerprint density at radius 3 is 3.00 bits per heavy atom. The number of aromatic nitrogens is 2. The van der Waals surface area contributed by atoms with Gasteiger partial charge in [-0.2, -0.15) is 0 Å². The third-order valence-electron chi connectivity index (χ3n) is 1.94. The van der Waals surface area contributed by atoms with Crippen LogP contribution in [0.2, 0.25) is 0 Å². The highest BCUT2D eigenvalue weighted by Crippen LogP contribution is 2.16. The van der Waals surface area contributed by atoms with Crippen LogP contribution in [0.25, 0.3) is 0 Å². The number of carbonyl (C=O) groups is 1. The lowest BCUT2D eigenvalue weighted by molar-refractivity contribution is -0.113. The van der Waals surface area contributed by atoms with E-state index in [1.807, 2.05) is 0 Å². The van der Waals surface area contributed by atoms with Crippen LogP contribution in [0.4, 0.5) is 10.1 Å². The average Bonchev–Trinajstić information content (AvgIpc) is 2.73. The van der Waals surface area contributed by atoms with Gasteiger partial charge in [0.2, 0.25) is 11.8 Å². The van der Waals surface area contributed by atoms with E-state index < -0.39 is 5.82 Å². The van der Waals surface area contributed by atoms with E-state index >= 15 is 0 Å². The van der Waals surface area contributed by atoms with Gasteiger partial charge in [0.05, 0.1) is 5.75 Å². The number of carbonyl (C=O) groups excluding carboxylic acids is 1. The molecule has 0 spiro atoms. The molecule has 2 aromatic rings.